The van der Waals surface area contributed by atoms with Gasteiger partial charge in [0.2, 0.25) is 0 Å². The second-order valence-electron chi connectivity index (χ2n) is 10.7. The van der Waals surface area contributed by atoms with Crippen LogP contribution in [0.2, 0.25) is 0 Å². The number of allylic oxidation sites excluding steroid dienone is 1. The summed E-state index contributed by atoms with van der Waals surface area (Å²) in [7, 11) is 0. The van der Waals surface area contributed by atoms with Crippen LogP contribution in [0.4, 0.5) is 5.69 Å². The predicted molar refractivity (Wildman–Crippen MR) is 156 cm³/mol. The molecule has 2 aliphatic rings. The summed E-state index contributed by atoms with van der Waals surface area (Å²) in [6.45, 7) is 19.9. The molecule has 2 aromatic rings. The monoisotopic (exact) mass is 503 g/mol. The number of nitrogens with zero attached hydrogens (tertiary/aromatic N) is 2. The van der Waals surface area contributed by atoms with Crippen molar-refractivity contribution < 1.29 is 9.53 Å². The minimum absolute atomic E-state index is 0.0289. The van der Waals surface area contributed by atoms with E-state index in [-0.39, 0.29) is 11.9 Å². The number of likely N-dealkylation sites (tertiary alicyclic amines) is 1. The molecular weight excluding hydrogens is 458 g/mol. The second kappa shape index (κ2) is 13.0. The fourth-order valence-electron chi connectivity index (χ4n) is 4.61. The van der Waals surface area contributed by atoms with Crippen molar-refractivity contribution in [3.8, 4) is 5.75 Å². The van der Waals surface area contributed by atoms with E-state index in [4.69, 9.17) is 10.5 Å². The van der Waals surface area contributed by atoms with Crippen molar-refractivity contribution in [2.75, 3.05) is 31.1 Å². The maximum Gasteiger partial charge on any atom is 0.254 e. The van der Waals surface area contributed by atoms with E-state index >= 15 is 0 Å². The molecule has 0 aliphatic carbocycles. The lowest BCUT2D eigenvalue weighted by atomic mass is 10.0. The Morgan fingerprint density at radius 3 is 2.54 bits per heavy atom. The Bertz CT molecular complexity index is 1130. The molecule has 2 aliphatic heterocycles. The predicted octanol–water partition coefficient (Wildman–Crippen LogP) is 6.74. The summed E-state index contributed by atoms with van der Waals surface area (Å²) >= 11 is 0. The fraction of sp³-hybridized carbons (Fsp3) is 0.469. The van der Waals surface area contributed by atoms with Crippen molar-refractivity contribution in [2.24, 2.45) is 11.7 Å². The number of piperidine rings is 1. The number of nitrogens with two attached hydrogens (primary N) is 1. The van der Waals surface area contributed by atoms with Gasteiger partial charge in [-0.3, -0.25) is 4.79 Å². The SMILES string of the molecule is C=C(/C(C)=C/c1ccccc1C)N1CCOc2cc(C(=O)N3CCCC(N)C3)cc(C)c21.CCC(C)C. The van der Waals surface area contributed by atoms with Crippen LogP contribution in [-0.2, 0) is 0 Å². The lowest BCUT2D eigenvalue weighted by Crippen LogP contribution is -2.45. The molecule has 0 aromatic heterocycles. The minimum atomic E-state index is 0.0289. The Labute approximate surface area is 224 Å². The Balaban J connectivity index is 0.000000695. The standard InChI is InChI=1S/C27H33N3O2.C5H12/c1-18-8-5-6-9-22(18)14-19(2)21(4)30-12-13-32-25-16-23(15-20(3)26(25)30)27(31)29-11-7-10-24(28)17-29;1-4-5(2)3/h5-6,8-9,14-16,24H,4,7,10-13,17,28H2,1-3H3;5H,4H2,1-3H3/b19-14+;. The molecule has 1 amide bonds. The van der Waals surface area contributed by atoms with Gasteiger partial charge in [0.25, 0.3) is 5.91 Å². The quantitative estimate of drug-likeness (QED) is 0.459. The van der Waals surface area contributed by atoms with Gasteiger partial charge in [-0.15, -0.1) is 0 Å². The van der Waals surface area contributed by atoms with E-state index in [1.165, 1.54) is 17.5 Å². The maximum atomic E-state index is 13.1. The first-order valence-electron chi connectivity index (χ1n) is 13.6. The normalized spacial score (nSPS) is 17.5. The number of rotatable bonds is 5. The van der Waals surface area contributed by atoms with Gasteiger partial charge in [-0.05, 0) is 80.0 Å². The van der Waals surface area contributed by atoms with Crippen molar-refractivity contribution in [3.63, 3.8) is 0 Å². The van der Waals surface area contributed by atoms with Gasteiger partial charge in [0.1, 0.15) is 12.4 Å². The molecule has 200 valence electrons. The highest BCUT2D eigenvalue weighted by Crippen LogP contribution is 2.39. The van der Waals surface area contributed by atoms with Gasteiger partial charge in [-0.2, -0.15) is 0 Å². The average molecular weight is 504 g/mol. The van der Waals surface area contributed by atoms with E-state index in [9.17, 15) is 4.79 Å². The zero-order valence-corrected chi connectivity index (χ0v) is 23.6. The van der Waals surface area contributed by atoms with E-state index in [0.717, 1.165) is 60.1 Å². The van der Waals surface area contributed by atoms with Gasteiger partial charge in [0, 0.05) is 30.4 Å². The van der Waals surface area contributed by atoms with Gasteiger partial charge < -0.3 is 20.3 Å². The van der Waals surface area contributed by atoms with Crippen molar-refractivity contribution >= 4 is 17.7 Å². The van der Waals surface area contributed by atoms with Crippen LogP contribution in [-0.4, -0.2) is 43.1 Å². The van der Waals surface area contributed by atoms with Gasteiger partial charge >= 0.3 is 0 Å². The van der Waals surface area contributed by atoms with Crippen LogP contribution in [0, 0.1) is 19.8 Å². The molecule has 1 unspecified atom stereocenters. The topological polar surface area (TPSA) is 58.8 Å². The zero-order chi connectivity index (χ0) is 27.1. The van der Waals surface area contributed by atoms with Crippen LogP contribution < -0.4 is 15.4 Å². The Kier molecular flexibility index (Phi) is 9.99. The van der Waals surface area contributed by atoms with Gasteiger partial charge in [-0.25, -0.2) is 0 Å². The van der Waals surface area contributed by atoms with Gasteiger partial charge in [0.15, 0.2) is 0 Å². The molecule has 1 atom stereocenters. The summed E-state index contributed by atoms with van der Waals surface area (Å²) in [6.07, 6.45) is 5.41. The Hall–Kier alpha value is -3.05. The van der Waals surface area contributed by atoms with Crippen molar-refractivity contribution in [2.45, 2.75) is 66.8 Å². The number of ether oxygens (including phenoxy) is 1. The van der Waals surface area contributed by atoms with Crippen LogP contribution in [0.5, 0.6) is 5.75 Å². The Morgan fingerprint density at radius 2 is 1.89 bits per heavy atom. The van der Waals surface area contributed by atoms with E-state index in [0.29, 0.717) is 18.7 Å². The molecule has 5 heteroatoms. The van der Waals surface area contributed by atoms with Gasteiger partial charge in [0.05, 0.1) is 12.2 Å². The smallest absolute Gasteiger partial charge is 0.254 e. The number of hydrogen-bond acceptors (Lipinski definition) is 4. The van der Waals surface area contributed by atoms with Gasteiger partial charge in [-0.1, -0.05) is 58.0 Å². The molecule has 1 saturated heterocycles. The molecule has 37 heavy (non-hydrogen) atoms. The number of carbonyl (C=O) groups excluding carboxylic acids is 1. The largest absolute Gasteiger partial charge is 0.490 e. The first-order valence-corrected chi connectivity index (χ1v) is 13.6. The molecule has 2 N–H and O–H groups in total. The number of benzene rings is 2. The molecule has 0 saturated carbocycles. The molecule has 2 heterocycles. The first kappa shape index (κ1) is 28.5. The summed E-state index contributed by atoms with van der Waals surface area (Å²) in [5, 5.41) is 0. The third-order valence-electron chi connectivity index (χ3n) is 7.26. The molecule has 0 bridgehead atoms. The van der Waals surface area contributed by atoms with Crippen LogP contribution in [0.1, 0.15) is 74.0 Å². The zero-order valence-electron chi connectivity index (χ0n) is 23.6. The minimum Gasteiger partial charge on any atom is -0.490 e. The number of carbonyl (C=O) groups is 1. The van der Waals surface area contributed by atoms with E-state index in [1.54, 1.807) is 0 Å². The second-order valence-corrected chi connectivity index (χ2v) is 10.7. The maximum absolute atomic E-state index is 13.1. The lowest BCUT2D eigenvalue weighted by Gasteiger charge is -2.35. The first-order chi connectivity index (χ1) is 17.6. The van der Waals surface area contributed by atoms with Crippen LogP contribution >= 0.6 is 0 Å². The summed E-state index contributed by atoms with van der Waals surface area (Å²) in [5.41, 5.74) is 13.2. The number of aryl methyl sites for hydroxylation is 2. The molecule has 0 radical (unpaired) electrons. The summed E-state index contributed by atoms with van der Waals surface area (Å²) in [6, 6.07) is 12.2. The molecule has 1 fully saturated rings. The lowest BCUT2D eigenvalue weighted by molar-refractivity contribution is 0.0708. The highest BCUT2D eigenvalue weighted by molar-refractivity contribution is 5.96. The van der Waals surface area contributed by atoms with Crippen molar-refractivity contribution in [3.05, 3.63) is 76.5 Å². The van der Waals surface area contributed by atoms with E-state index in [2.05, 4.69) is 76.4 Å². The number of amides is 1. The molecule has 2 aromatic carbocycles. The number of hydrogen-bond donors (Lipinski definition) is 1. The van der Waals surface area contributed by atoms with Crippen LogP contribution in [0.25, 0.3) is 6.08 Å². The number of anilines is 1. The van der Waals surface area contributed by atoms with Crippen LogP contribution in [0.15, 0.2) is 54.2 Å². The van der Waals surface area contributed by atoms with Crippen LogP contribution in [0.3, 0.4) is 0 Å². The van der Waals surface area contributed by atoms with E-state index in [1.807, 2.05) is 24.0 Å². The number of fused-ring (bicyclic) bond motifs is 1. The summed E-state index contributed by atoms with van der Waals surface area (Å²) < 4.78 is 6.00. The van der Waals surface area contributed by atoms with E-state index < -0.39 is 0 Å². The molecule has 5 nitrogen and oxygen atoms in total. The third kappa shape index (κ3) is 7.26. The molecule has 0 spiro atoms. The highest BCUT2D eigenvalue weighted by atomic mass is 16.5. The molecule has 4 rings (SSSR count). The Morgan fingerprint density at radius 1 is 1.19 bits per heavy atom. The summed E-state index contributed by atoms with van der Waals surface area (Å²) in [4.78, 5) is 17.2. The third-order valence-corrected chi connectivity index (χ3v) is 7.26. The van der Waals surface area contributed by atoms with Crippen molar-refractivity contribution in [1.82, 2.24) is 4.90 Å². The molecular formula is C32H45N3O2. The fourth-order valence-corrected chi connectivity index (χ4v) is 4.61. The van der Waals surface area contributed by atoms with Crippen molar-refractivity contribution in [1.29, 1.82) is 0 Å². The average Bonchev–Trinajstić information content (AvgIpc) is 2.89. The summed E-state index contributed by atoms with van der Waals surface area (Å²) in [5.74, 6) is 1.65. The highest BCUT2D eigenvalue weighted by Gasteiger charge is 2.27.